The zero-order chi connectivity index (χ0) is 16.1. The lowest BCUT2D eigenvalue weighted by atomic mass is 9.92. The van der Waals surface area contributed by atoms with Crippen LogP contribution in [-0.4, -0.2) is 37.0 Å². The number of carbonyl (C=O) groups excluding carboxylic acids is 1. The van der Waals surface area contributed by atoms with Gasteiger partial charge in [-0.3, -0.25) is 4.79 Å². The molecule has 0 aliphatic carbocycles. The number of hydrogen-bond acceptors (Lipinski definition) is 3. The van der Waals surface area contributed by atoms with Gasteiger partial charge in [0.15, 0.2) is 0 Å². The van der Waals surface area contributed by atoms with Gasteiger partial charge in [0, 0.05) is 25.6 Å². The Labute approximate surface area is 141 Å². The number of aryl methyl sites for hydroxylation is 1. The van der Waals surface area contributed by atoms with Crippen molar-refractivity contribution in [1.29, 1.82) is 0 Å². The van der Waals surface area contributed by atoms with E-state index in [0.717, 1.165) is 48.1 Å². The lowest BCUT2D eigenvalue weighted by Crippen LogP contribution is -2.45. The highest BCUT2D eigenvalue weighted by Gasteiger charge is 2.25. The fourth-order valence-electron chi connectivity index (χ4n) is 2.94. The predicted octanol–water partition coefficient (Wildman–Crippen LogP) is 2.98. The first-order valence-corrected chi connectivity index (χ1v) is 8.66. The molecule has 0 aromatic heterocycles. The molecule has 0 saturated carbocycles. The van der Waals surface area contributed by atoms with Crippen LogP contribution >= 0.6 is 15.9 Å². The van der Waals surface area contributed by atoms with Crippen molar-refractivity contribution in [3.05, 3.63) is 28.2 Å². The summed E-state index contributed by atoms with van der Waals surface area (Å²) in [6.45, 7) is 3.71. The molecule has 0 spiro atoms. The number of hydrogen-bond donors (Lipinski definition) is 1. The van der Waals surface area contributed by atoms with Crippen molar-refractivity contribution in [1.82, 2.24) is 4.90 Å². The summed E-state index contributed by atoms with van der Waals surface area (Å²) in [7, 11) is 1.65. The van der Waals surface area contributed by atoms with Crippen molar-refractivity contribution in [2.24, 2.45) is 11.7 Å². The summed E-state index contributed by atoms with van der Waals surface area (Å²) < 4.78 is 6.15. The van der Waals surface area contributed by atoms with Crippen molar-refractivity contribution in [3.8, 4) is 5.75 Å². The fraction of sp³-hybridized carbons (Fsp3) is 0.588. The molecule has 1 amide bonds. The molecule has 1 aromatic carbocycles. The van der Waals surface area contributed by atoms with Gasteiger partial charge in [-0.2, -0.15) is 0 Å². The normalized spacial score (nSPS) is 19.8. The molecule has 1 aliphatic rings. The highest BCUT2D eigenvalue weighted by molar-refractivity contribution is 9.10. The Balaban J connectivity index is 1.88. The number of likely N-dealkylation sites (tertiary alicyclic amines) is 1. The monoisotopic (exact) mass is 368 g/mol. The maximum Gasteiger partial charge on any atom is 0.222 e. The van der Waals surface area contributed by atoms with Crippen LogP contribution in [0.4, 0.5) is 0 Å². The van der Waals surface area contributed by atoms with Gasteiger partial charge in [-0.15, -0.1) is 0 Å². The van der Waals surface area contributed by atoms with E-state index in [1.807, 2.05) is 30.0 Å². The highest BCUT2D eigenvalue weighted by atomic mass is 79.9. The first-order chi connectivity index (χ1) is 10.5. The Bertz CT molecular complexity index is 519. The lowest BCUT2D eigenvalue weighted by molar-refractivity contribution is -0.133. The molecule has 1 aliphatic heterocycles. The summed E-state index contributed by atoms with van der Waals surface area (Å²) in [6, 6.07) is 6.12. The van der Waals surface area contributed by atoms with Crippen molar-refractivity contribution < 1.29 is 9.53 Å². The molecule has 1 fully saturated rings. The maximum atomic E-state index is 12.4. The second-order valence-corrected chi connectivity index (χ2v) is 6.92. The van der Waals surface area contributed by atoms with Crippen LogP contribution < -0.4 is 10.5 Å². The van der Waals surface area contributed by atoms with Crippen LogP contribution in [0.3, 0.4) is 0 Å². The number of halogens is 1. The smallest absolute Gasteiger partial charge is 0.222 e. The summed E-state index contributed by atoms with van der Waals surface area (Å²) in [5.74, 6) is 1.48. The van der Waals surface area contributed by atoms with E-state index >= 15 is 0 Å². The number of nitrogens with zero attached hydrogens (tertiary/aromatic N) is 1. The molecule has 1 aromatic rings. The van der Waals surface area contributed by atoms with Crippen molar-refractivity contribution in [2.45, 2.75) is 38.6 Å². The number of amides is 1. The molecular formula is C17H25BrN2O2. The fourth-order valence-corrected chi connectivity index (χ4v) is 3.53. The van der Waals surface area contributed by atoms with Crippen LogP contribution in [0.25, 0.3) is 0 Å². The van der Waals surface area contributed by atoms with E-state index in [-0.39, 0.29) is 11.9 Å². The molecule has 2 unspecified atom stereocenters. The predicted molar refractivity (Wildman–Crippen MR) is 92.0 cm³/mol. The second kappa shape index (κ2) is 7.97. The highest BCUT2D eigenvalue weighted by Crippen LogP contribution is 2.26. The van der Waals surface area contributed by atoms with E-state index < -0.39 is 0 Å². The third-order valence-corrected chi connectivity index (χ3v) is 5.02. The van der Waals surface area contributed by atoms with E-state index in [2.05, 4.69) is 15.9 Å². The zero-order valence-electron chi connectivity index (χ0n) is 13.3. The number of ether oxygens (including phenoxy) is 1. The molecular weight excluding hydrogens is 344 g/mol. The molecule has 5 heteroatoms. The van der Waals surface area contributed by atoms with Gasteiger partial charge in [0.2, 0.25) is 5.91 Å². The number of piperidine rings is 1. The SMILES string of the molecule is COc1ccc(CCC(=O)N2CCCC(C(C)N)C2)cc1Br. The van der Waals surface area contributed by atoms with Gasteiger partial charge >= 0.3 is 0 Å². The molecule has 1 saturated heterocycles. The van der Waals surface area contributed by atoms with E-state index in [9.17, 15) is 4.79 Å². The molecule has 122 valence electrons. The molecule has 1 heterocycles. The average molecular weight is 369 g/mol. The van der Waals surface area contributed by atoms with Crippen molar-refractivity contribution in [3.63, 3.8) is 0 Å². The zero-order valence-corrected chi connectivity index (χ0v) is 14.9. The molecule has 2 N–H and O–H groups in total. The molecule has 4 nitrogen and oxygen atoms in total. The van der Waals surface area contributed by atoms with Crippen molar-refractivity contribution in [2.75, 3.05) is 20.2 Å². The first kappa shape index (κ1) is 17.3. The largest absolute Gasteiger partial charge is 0.496 e. The lowest BCUT2D eigenvalue weighted by Gasteiger charge is -2.34. The molecule has 2 atom stereocenters. The number of carbonyl (C=O) groups is 1. The van der Waals surface area contributed by atoms with Crippen LogP contribution in [0.2, 0.25) is 0 Å². The quantitative estimate of drug-likeness (QED) is 0.868. The summed E-state index contributed by atoms with van der Waals surface area (Å²) in [5.41, 5.74) is 7.12. The molecule has 2 rings (SSSR count). The standard InChI is InChI=1S/C17H25BrN2O2/c1-12(19)14-4-3-9-20(11-14)17(21)8-6-13-5-7-16(22-2)15(18)10-13/h5,7,10,12,14H,3-4,6,8-9,11,19H2,1-2H3. The summed E-state index contributed by atoms with van der Waals surface area (Å²) in [6.07, 6.45) is 3.49. The van der Waals surface area contributed by atoms with E-state index in [0.29, 0.717) is 12.3 Å². The number of methoxy groups -OCH3 is 1. The Morgan fingerprint density at radius 3 is 2.95 bits per heavy atom. The molecule has 0 bridgehead atoms. The van der Waals surface area contributed by atoms with Gasteiger partial charge in [0.1, 0.15) is 5.75 Å². The molecule has 22 heavy (non-hydrogen) atoms. The first-order valence-electron chi connectivity index (χ1n) is 7.87. The summed E-state index contributed by atoms with van der Waals surface area (Å²) >= 11 is 3.48. The van der Waals surface area contributed by atoms with Gasteiger partial charge in [0.05, 0.1) is 11.6 Å². The van der Waals surface area contributed by atoms with Gasteiger partial charge in [0.25, 0.3) is 0 Å². The molecule has 0 radical (unpaired) electrons. The minimum atomic E-state index is 0.160. The van der Waals surface area contributed by atoms with Crippen LogP contribution in [-0.2, 0) is 11.2 Å². The van der Waals surface area contributed by atoms with E-state index in [4.69, 9.17) is 10.5 Å². The Morgan fingerprint density at radius 1 is 1.55 bits per heavy atom. The van der Waals surface area contributed by atoms with Gasteiger partial charge in [-0.05, 0) is 65.7 Å². The number of benzene rings is 1. The van der Waals surface area contributed by atoms with Gasteiger partial charge < -0.3 is 15.4 Å². The second-order valence-electron chi connectivity index (χ2n) is 6.07. The Kier molecular flexibility index (Phi) is 6.26. The summed E-state index contributed by atoms with van der Waals surface area (Å²) in [4.78, 5) is 14.4. The minimum absolute atomic E-state index is 0.160. The third kappa shape index (κ3) is 4.46. The van der Waals surface area contributed by atoms with E-state index in [1.54, 1.807) is 7.11 Å². The summed E-state index contributed by atoms with van der Waals surface area (Å²) in [5, 5.41) is 0. The number of rotatable bonds is 5. The van der Waals surface area contributed by atoms with Gasteiger partial charge in [-0.1, -0.05) is 6.07 Å². The van der Waals surface area contributed by atoms with Crippen LogP contribution in [0, 0.1) is 5.92 Å². The maximum absolute atomic E-state index is 12.4. The van der Waals surface area contributed by atoms with Crippen molar-refractivity contribution >= 4 is 21.8 Å². The number of nitrogens with two attached hydrogens (primary N) is 1. The van der Waals surface area contributed by atoms with Crippen LogP contribution in [0.15, 0.2) is 22.7 Å². The van der Waals surface area contributed by atoms with E-state index in [1.165, 1.54) is 0 Å². The van der Waals surface area contributed by atoms with Crippen LogP contribution in [0.1, 0.15) is 31.7 Å². The van der Waals surface area contributed by atoms with Gasteiger partial charge in [-0.25, -0.2) is 0 Å². The average Bonchev–Trinajstić information content (AvgIpc) is 2.52. The van der Waals surface area contributed by atoms with Crippen LogP contribution in [0.5, 0.6) is 5.75 Å². The topological polar surface area (TPSA) is 55.6 Å². The third-order valence-electron chi connectivity index (χ3n) is 4.40. The Morgan fingerprint density at radius 2 is 2.32 bits per heavy atom. The Hall–Kier alpha value is -1.07. The minimum Gasteiger partial charge on any atom is -0.496 e.